The molecule has 0 bridgehead atoms. The van der Waals surface area contributed by atoms with Gasteiger partial charge in [-0.25, -0.2) is 0 Å². The number of nitrogens with one attached hydrogen (secondary N) is 2. The Bertz CT molecular complexity index is 242. The number of hydrogen-bond donors (Lipinski definition) is 3. The number of aliphatic imine (C=N–C) groups is 1. The van der Waals surface area contributed by atoms with Crippen molar-refractivity contribution in [3.05, 3.63) is 0 Å². The Kier molecular flexibility index (Phi) is 2.97. The maximum atomic E-state index is 10.6. The minimum Gasteiger partial charge on any atom is -0.393 e. The molecule has 1 heterocycles. The molecular formula is C7H11N3O3. The Morgan fingerprint density at radius 3 is 2.38 bits per heavy atom. The first-order chi connectivity index (χ1) is 6.09. The molecule has 0 aromatic rings. The van der Waals surface area contributed by atoms with Gasteiger partial charge in [0, 0.05) is 6.54 Å². The second-order valence-electron chi connectivity index (χ2n) is 2.78. The third kappa shape index (κ3) is 2.83. The molecule has 1 unspecified atom stereocenters. The van der Waals surface area contributed by atoms with Gasteiger partial charge in [-0.05, 0) is 13.3 Å². The SMILES string of the molecule is CC(O)CCN=C1NC(=O)C(=O)N1. The molecule has 0 aromatic heterocycles. The third-order valence-corrected chi connectivity index (χ3v) is 1.49. The smallest absolute Gasteiger partial charge is 0.316 e. The molecule has 1 aliphatic heterocycles. The average molecular weight is 185 g/mol. The topological polar surface area (TPSA) is 90.8 Å². The van der Waals surface area contributed by atoms with E-state index < -0.39 is 17.9 Å². The van der Waals surface area contributed by atoms with E-state index in [1.807, 2.05) is 0 Å². The molecule has 6 heteroatoms. The summed E-state index contributed by atoms with van der Waals surface area (Å²) in [6.45, 7) is 2.01. The van der Waals surface area contributed by atoms with Crippen molar-refractivity contribution >= 4 is 17.8 Å². The lowest BCUT2D eigenvalue weighted by atomic mass is 10.3. The molecule has 0 spiro atoms. The van der Waals surface area contributed by atoms with Crippen LogP contribution in [0.5, 0.6) is 0 Å². The molecule has 0 radical (unpaired) electrons. The summed E-state index contributed by atoms with van der Waals surface area (Å²) in [4.78, 5) is 25.1. The van der Waals surface area contributed by atoms with Gasteiger partial charge in [0.15, 0.2) is 0 Å². The number of guanidine groups is 1. The predicted octanol–water partition coefficient (Wildman–Crippen LogP) is -1.64. The van der Waals surface area contributed by atoms with Gasteiger partial charge in [0.1, 0.15) is 0 Å². The molecule has 72 valence electrons. The highest BCUT2D eigenvalue weighted by Gasteiger charge is 2.24. The van der Waals surface area contributed by atoms with Crippen molar-refractivity contribution in [1.82, 2.24) is 10.6 Å². The van der Waals surface area contributed by atoms with E-state index in [1.54, 1.807) is 6.92 Å². The van der Waals surface area contributed by atoms with E-state index in [1.165, 1.54) is 0 Å². The fourth-order valence-corrected chi connectivity index (χ4v) is 0.802. The van der Waals surface area contributed by atoms with Crippen LogP contribution >= 0.6 is 0 Å². The number of carbonyl (C=O) groups is 2. The number of aliphatic hydroxyl groups excluding tert-OH is 1. The highest BCUT2D eigenvalue weighted by Crippen LogP contribution is 1.90. The Balaban J connectivity index is 2.37. The first kappa shape index (κ1) is 9.66. The van der Waals surface area contributed by atoms with E-state index >= 15 is 0 Å². The highest BCUT2D eigenvalue weighted by atomic mass is 16.3. The standard InChI is InChI=1S/C7H11N3O3/c1-4(11)2-3-8-7-9-5(12)6(13)10-7/h4,11H,2-3H2,1H3,(H2,8,9,10,12,13). The van der Waals surface area contributed by atoms with Crippen LogP contribution in [-0.2, 0) is 9.59 Å². The summed E-state index contributed by atoms with van der Waals surface area (Å²) in [5, 5.41) is 13.4. The maximum Gasteiger partial charge on any atom is 0.316 e. The molecule has 0 aliphatic carbocycles. The zero-order valence-corrected chi connectivity index (χ0v) is 7.20. The van der Waals surface area contributed by atoms with E-state index in [0.717, 1.165) is 0 Å². The summed E-state index contributed by atoms with van der Waals surface area (Å²) in [7, 11) is 0. The molecule has 3 N–H and O–H groups in total. The number of aliphatic hydroxyl groups is 1. The lowest BCUT2D eigenvalue weighted by molar-refractivity contribution is -0.135. The van der Waals surface area contributed by atoms with Crippen LogP contribution in [0.4, 0.5) is 0 Å². The summed E-state index contributed by atoms with van der Waals surface area (Å²) < 4.78 is 0. The first-order valence-corrected chi connectivity index (χ1v) is 3.94. The van der Waals surface area contributed by atoms with Gasteiger partial charge < -0.3 is 5.11 Å². The minimum atomic E-state index is -0.698. The molecule has 2 amide bonds. The summed E-state index contributed by atoms with van der Waals surface area (Å²) in [6.07, 6.45) is 0.0621. The van der Waals surface area contributed by atoms with Gasteiger partial charge in [-0.1, -0.05) is 0 Å². The summed E-state index contributed by atoms with van der Waals surface area (Å²) in [5.74, 6) is -1.23. The zero-order valence-electron chi connectivity index (χ0n) is 7.20. The van der Waals surface area contributed by atoms with Crippen LogP contribution in [0.2, 0.25) is 0 Å². The van der Waals surface area contributed by atoms with E-state index in [-0.39, 0.29) is 5.96 Å². The van der Waals surface area contributed by atoms with Crippen molar-refractivity contribution in [2.45, 2.75) is 19.4 Å². The van der Waals surface area contributed by atoms with E-state index in [0.29, 0.717) is 13.0 Å². The molecular weight excluding hydrogens is 174 g/mol. The van der Waals surface area contributed by atoms with Crippen molar-refractivity contribution in [3.63, 3.8) is 0 Å². The van der Waals surface area contributed by atoms with Crippen molar-refractivity contribution < 1.29 is 14.7 Å². The Morgan fingerprint density at radius 2 is 1.92 bits per heavy atom. The van der Waals surface area contributed by atoms with Gasteiger partial charge in [-0.15, -0.1) is 0 Å². The fourth-order valence-electron chi connectivity index (χ4n) is 0.802. The Morgan fingerprint density at radius 1 is 1.38 bits per heavy atom. The monoisotopic (exact) mass is 185 g/mol. The molecule has 0 saturated carbocycles. The maximum absolute atomic E-state index is 10.6. The molecule has 1 fully saturated rings. The predicted molar refractivity (Wildman–Crippen MR) is 44.9 cm³/mol. The van der Waals surface area contributed by atoms with E-state index in [4.69, 9.17) is 5.11 Å². The first-order valence-electron chi connectivity index (χ1n) is 3.94. The lowest BCUT2D eigenvalue weighted by Gasteiger charge is -2.00. The van der Waals surface area contributed by atoms with Crippen molar-refractivity contribution in [3.8, 4) is 0 Å². The molecule has 1 atom stereocenters. The number of carbonyl (C=O) groups excluding carboxylic acids is 2. The molecule has 0 aromatic carbocycles. The van der Waals surface area contributed by atoms with Crippen molar-refractivity contribution in [1.29, 1.82) is 0 Å². The van der Waals surface area contributed by atoms with E-state index in [9.17, 15) is 9.59 Å². The summed E-state index contributed by atoms with van der Waals surface area (Å²) in [5.41, 5.74) is 0. The molecule has 6 nitrogen and oxygen atoms in total. The Labute approximate surface area is 75.0 Å². The van der Waals surface area contributed by atoms with Crippen LogP contribution in [0, 0.1) is 0 Å². The van der Waals surface area contributed by atoms with Gasteiger partial charge in [0.05, 0.1) is 6.10 Å². The van der Waals surface area contributed by atoms with Crippen molar-refractivity contribution in [2.24, 2.45) is 4.99 Å². The number of nitrogens with zero attached hydrogens (tertiary/aromatic N) is 1. The summed E-state index contributed by atoms with van der Waals surface area (Å²) in [6, 6.07) is 0. The fraction of sp³-hybridized carbons (Fsp3) is 0.571. The van der Waals surface area contributed by atoms with Gasteiger partial charge >= 0.3 is 11.8 Å². The zero-order chi connectivity index (χ0) is 9.84. The third-order valence-electron chi connectivity index (χ3n) is 1.49. The van der Waals surface area contributed by atoms with Crippen LogP contribution in [0.25, 0.3) is 0 Å². The second kappa shape index (κ2) is 3.99. The molecule has 13 heavy (non-hydrogen) atoms. The second-order valence-corrected chi connectivity index (χ2v) is 2.78. The molecule has 1 saturated heterocycles. The quantitative estimate of drug-likeness (QED) is 0.460. The van der Waals surface area contributed by atoms with E-state index in [2.05, 4.69) is 15.6 Å². The normalized spacial score (nSPS) is 18.2. The summed E-state index contributed by atoms with van der Waals surface area (Å²) >= 11 is 0. The van der Waals surface area contributed by atoms with Gasteiger partial charge in [-0.2, -0.15) is 0 Å². The van der Waals surface area contributed by atoms with Crippen LogP contribution in [0.15, 0.2) is 4.99 Å². The van der Waals surface area contributed by atoms with Gasteiger partial charge in [0.25, 0.3) is 0 Å². The number of hydrogen-bond acceptors (Lipinski definition) is 4. The van der Waals surface area contributed by atoms with Gasteiger partial charge in [0.2, 0.25) is 5.96 Å². The van der Waals surface area contributed by atoms with Crippen LogP contribution in [0.1, 0.15) is 13.3 Å². The largest absolute Gasteiger partial charge is 0.393 e. The number of rotatable bonds is 3. The average Bonchev–Trinajstić information content (AvgIpc) is 2.30. The lowest BCUT2D eigenvalue weighted by Crippen LogP contribution is -2.26. The van der Waals surface area contributed by atoms with Gasteiger partial charge in [-0.3, -0.25) is 25.2 Å². The van der Waals surface area contributed by atoms with Crippen LogP contribution in [-0.4, -0.2) is 35.5 Å². The van der Waals surface area contributed by atoms with Crippen LogP contribution < -0.4 is 10.6 Å². The molecule has 1 rings (SSSR count). The number of amides is 2. The molecule has 1 aliphatic rings. The van der Waals surface area contributed by atoms with Crippen LogP contribution in [0.3, 0.4) is 0 Å². The minimum absolute atomic E-state index is 0.163. The van der Waals surface area contributed by atoms with Crippen molar-refractivity contribution in [2.75, 3.05) is 6.54 Å². The Hall–Kier alpha value is -1.43. The highest BCUT2D eigenvalue weighted by molar-refractivity contribution is 6.45.